The molecule has 2 aliphatic rings. The Labute approximate surface area is 197 Å². The van der Waals surface area contributed by atoms with Gasteiger partial charge in [-0.15, -0.1) is 11.3 Å². The lowest BCUT2D eigenvalue weighted by Gasteiger charge is -2.23. The first kappa shape index (κ1) is 21.4. The number of allylic oxidation sites excluding steroid dienone is 1. The quantitative estimate of drug-likeness (QED) is 0.566. The van der Waals surface area contributed by atoms with Crippen LogP contribution < -0.4 is 0 Å². The number of phenolic OH excluding ortho intramolecular Hbond substituents is 1. The summed E-state index contributed by atoms with van der Waals surface area (Å²) in [5.74, 6) is 0.0170. The fourth-order valence-corrected chi connectivity index (χ4v) is 5.22. The molecule has 2 aliphatic heterocycles. The molecule has 0 aliphatic carbocycles. The number of aromatic hydroxyl groups is 1. The predicted octanol–water partition coefficient (Wildman–Crippen LogP) is 5.26. The number of carbonyl (C=O) groups is 1. The van der Waals surface area contributed by atoms with E-state index in [4.69, 9.17) is 5.10 Å². The number of aromatic nitrogens is 1. The van der Waals surface area contributed by atoms with Crippen molar-refractivity contribution in [2.75, 3.05) is 6.54 Å². The van der Waals surface area contributed by atoms with Gasteiger partial charge in [0.15, 0.2) is 0 Å². The molecule has 0 bridgehead atoms. The number of hydrogen-bond donors (Lipinski definition) is 1. The van der Waals surface area contributed by atoms with Crippen LogP contribution in [0, 0.1) is 13.8 Å². The maximum Gasteiger partial charge on any atom is 0.276 e. The summed E-state index contributed by atoms with van der Waals surface area (Å²) in [5.41, 5.74) is 5.08. The molecule has 6 nitrogen and oxygen atoms in total. The average molecular weight is 459 g/mol. The molecule has 0 fully saturated rings. The molecular formula is C26H26N4O2S. The number of nitrogens with zero attached hydrogens (tertiary/aromatic N) is 4. The van der Waals surface area contributed by atoms with Crippen molar-refractivity contribution in [1.82, 2.24) is 9.58 Å². The van der Waals surface area contributed by atoms with Crippen LogP contribution in [0.3, 0.4) is 0 Å². The molecule has 0 saturated carbocycles. The Bertz CT molecular complexity index is 1280. The van der Waals surface area contributed by atoms with E-state index in [1.165, 1.54) is 4.88 Å². The number of hydrogen-bond acceptors (Lipinski definition) is 5. The van der Waals surface area contributed by atoms with Crippen LogP contribution in [0.25, 0.3) is 0 Å². The first-order valence-electron chi connectivity index (χ1n) is 11.1. The van der Waals surface area contributed by atoms with Crippen molar-refractivity contribution >= 4 is 29.2 Å². The number of para-hydroxylation sites is 1. The van der Waals surface area contributed by atoms with E-state index in [1.54, 1.807) is 28.5 Å². The van der Waals surface area contributed by atoms with Crippen LogP contribution in [0.1, 0.15) is 51.1 Å². The minimum Gasteiger partial charge on any atom is -0.508 e. The lowest BCUT2D eigenvalue weighted by molar-refractivity contribution is 0.0709. The van der Waals surface area contributed by atoms with Gasteiger partial charge in [0.2, 0.25) is 0 Å². The minimum atomic E-state index is -0.370. The second-order valence-corrected chi connectivity index (χ2v) is 9.44. The fourth-order valence-electron chi connectivity index (χ4n) is 4.53. The van der Waals surface area contributed by atoms with Crippen LogP contribution in [-0.2, 0) is 6.54 Å². The van der Waals surface area contributed by atoms with E-state index in [9.17, 15) is 9.90 Å². The number of aliphatic imine (C=N–C) groups is 1. The van der Waals surface area contributed by atoms with Gasteiger partial charge >= 0.3 is 0 Å². The van der Waals surface area contributed by atoms with E-state index in [-0.39, 0.29) is 17.7 Å². The Morgan fingerprint density at radius 2 is 2.06 bits per heavy atom. The van der Waals surface area contributed by atoms with E-state index in [0.717, 1.165) is 42.2 Å². The second-order valence-electron chi connectivity index (χ2n) is 8.41. The molecule has 1 atom stereocenters. The lowest BCUT2D eigenvalue weighted by Crippen LogP contribution is -2.27. The number of aryl methyl sites for hydroxylation is 1. The Kier molecular flexibility index (Phi) is 5.72. The highest BCUT2D eigenvalue weighted by atomic mass is 32.1. The molecule has 168 valence electrons. The molecule has 1 unspecified atom stereocenters. The number of thiophene rings is 1. The summed E-state index contributed by atoms with van der Waals surface area (Å²) in [6.07, 6.45) is 5.36. The van der Waals surface area contributed by atoms with Gasteiger partial charge in [-0.2, -0.15) is 5.10 Å². The third-order valence-electron chi connectivity index (χ3n) is 6.30. The maximum absolute atomic E-state index is 13.8. The Hall–Kier alpha value is -3.45. The highest BCUT2D eigenvalue weighted by molar-refractivity contribution is 7.09. The second kappa shape index (κ2) is 8.83. The number of benzene rings is 1. The molecule has 1 aromatic carbocycles. The van der Waals surface area contributed by atoms with Gasteiger partial charge in [-0.1, -0.05) is 30.3 Å². The number of amides is 1. The van der Waals surface area contributed by atoms with Gasteiger partial charge in [-0.3, -0.25) is 9.79 Å². The number of rotatable bonds is 5. The normalized spacial score (nSPS) is 17.9. The summed E-state index contributed by atoms with van der Waals surface area (Å²) >= 11 is 1.71. The maximum atomic E-state index is 13.8. The van der Waals surface area contributed by atoms with Gasteiger partial charge < -0.3 is 9.67 Å². The van der Waals surface area contributed by atoms with Crippen LogP contribution in [0.2, 0.25) is 0 Å². The molecule has 2 aromatic heterocycles. The number of phenols is 1. The van der Waals surface area contributed by atoms with Gasteiger partial charge in [-0.05, 0) is 43.8 Å². The molecule has 7 heteroatoms. The zero-order valence-corrected chi connectivity index (χ0v) is 19.5. The van der Waals surface area contributed by atoms with Crippen molar-refractivity contribution in [2.24, 2.45) is 10.1 Å². The lowest BCUT2D eigenvalue weighted by atomic mass is 9.96. The zero-order chi connectivity index (χ0) is 22.9. The Morgan fingerprint density at radius 3 is 2.79 bits per heavy atom. The first-order chi connectivity index (χ1) is 16.0. The monoisotopic (exact) mass is 458 g/mol. The van der Waals surface area contributed by atoms with Crippen LogP contribution >= 0.6 is 11.3 Å². The largest absolute Gasteiger partial charge is 0.508 e. The van der Waals surface area contributed by atoms with Crippen molar-refractivity contribution in [3.05, 3.63) is 86.9 Å². The highest BCUT2D eigenvalue weighted by Gasteiger charge is 2.36. The summed E-state index contributed by atoms with van der Waals surface area (Å²) in [5, 5.41) is 18.9. The molecule has 3 aromatic rings. The van der Waals surface area contributed by atoms with Crippen molar-refractivity contribution in [2.45, 2.75) is 39.3 Å². The Balaban J connectivity index is 1.52. The molecule has 0 radical (unpaired) electrons. The van der Waals surface area contributed by atoms with E-state index in [2.05, 4.69) is 27.1 Å². The fraction of sp³-hybridized carbons (Fsp3) is 0.269. The van der Waals surface area contributed by atoms with Gasteiger partial charge in [0.1, 0.15) is 5.75 Å². The van der Waals surface area contributed by atoms with E-state index in [0.29, 0.717) is 17.5 Å². The summed E-state index contributed by atoms with van der Waals surface area (Å²) in [4.78, 5) is 19.5. The summed E-state index contributed by atoms with van der Waals surface area (Å²) in [6, 6.07) is 12.9. The number of dihydropyridines is 1. The first-order valence-corrected chi connectivity index (χ1v) is 12.0. The van der Waals surface area contributed by atoms with Crippen LogP contribution in [0.15, 0.2) is 69.6 Å². The van der Waals surface area contributed by atoms with E-state index in [1.807, 2.05) is 44.3 Å². The van der Waals surface area contributed by atoms with Crippen molar-refractivity contribution < 1.29 is 9.90 Å². The van der Waals surface area contributed by atoms with Crippen LogP contribution in [-0.4, -0.2) is 39.1 Å². The molecule has 33 heavy (non-hydrogen) atoms. The summed E-state index contributed by atoms with van der Waals surface area (Å²) in [7, 11) is 0. The topological polar surface area (TPSA) is 70.2 Å². The van der Waals surface area contributed by atoms with Gasteiger partial charge in [0.05, 0.1) is 23.9 Å². The zero-order valence-electron chi connectivity index (χ0n) is 18.7. The van der Waals surface area contributed by atoms with Crippen molar-refractivity contribution in [1.29, 1.82) is 0 Å². The van der Waals surface area contributed by atoms with Gasteiger partial charge in [0, 0.05) is 46.6 Å². The molecule has 0 spiro atoms. The van der Waals surface area contributed by atoms with E-state index < -0.39 is 0 Å². The van der Waals surface area contributed by atoms with Gasteiger partial charge in [0.25, 0.3) is 5.91 Å². The predicted molar refractivity (Wildman–Crippen MR) is 132 cm³/mol. The van der Waals surface area contributed by atoms with Crippen molar-refractivity contribution in [3.8, 4) is 5.75 Å². The summed E-state index contributed by atoms with van der Waals surface area (Å²) < 4.78 is 2.17. The minimum absolute atomic E-state index is 0.155. The molecule has 4 heterocycles. The van der Waals surface area contributed by atoms with Crippen molar-refractivity contribution in [3.63, 3.8) is 0 Å². The highest BCUT2D eigenvalue weighted by Crippen LogP contribution is 2.38. The Morgan fingerprint density at radius 1 is 1.21 bits per heavy atom. The van der Waals surface area contributed by atoms with E-state index >= 15 is 0 Å². The molecule has 1 N–H and O–H groups in total. The average Bonchev–Trinajstić information content (AvgIpc) is 3.56. The summed E-state index contributed by atoms with van der Waals surface area (Å²) in [6.45, 7) is 5.53. The number of carbonyl (C=O) groups excluding carboxylic acids is 1. The molecule has 1 amide bonds. The van der Waals surface area contributed by atoms with Gasteiger partial charge in [-0.25, -0.2) is 5.01 Å². The van der Waals surface area contributed by atoms with Crippen LogP contribution in [0.4, 0.5) is 0 Å². The SMILES string of the molecule is Cc1cc(C(=O)N2N=C(C3=CCCN=C3)CC2c2ccccc2O)c(C)n1Cc1cccs1. The third kappa shape index (κ3) is 4.04. The molecular weight excluding hydrogens is 432 g/mol. The molecule has 5 rings (SSSR count). The van der Waals surface area contributed by atoms with Crippen LogP contribution in [0.5, 0.6) is 5.75 Å². The third-order valence-corrected chi connectivity index (χ3v) is 7.16. The molecule has 0 saturated heterocycles. The standard InChI is InChI=1S/C26H26N4O2S/c1-17-13-22(18(2)29(17)16-20-8-6-12-33-20)26(32)30-24(21-9-3-4-10-25(21)31)14-23(28-30)19-7-5-11-27-15-19/h3-4,6-10,12-13,15,24,31H,5,11,14,16H2,1-2H3. The number of hydrazone groups is 1. The smallest absolute Gasteiger partial charge is 0.276 e.